The number of methoxy groups -OCH3 is 2. The summed E-state index contributed by atoms with van der Waals surface area (Å²) >= 11 is 0. The van der Waals surface area contributed by atoms with E-state index in [0.29, 0.717) is 18.8 Å². The summed E-state index contributed by atoms with van der Waals surface area (Å²) in [6.07, 6.45) is 1.28. The van der Waals surface area contributed by atoms with Gasteiger partial charge in [0.2, 0.25) is 0 Å². The van der Waals surface area contributed by atoms with Crippen LogP contribution in [-0.4, -0.2) is 66.0 Å². The summed E-state index contributed by atoms with van der Waals surface area (Å²) < 4.78 is 11.5. The number of aliphatic hydroxyl groups excluding tert-OH is 1. The summed E-state index contributed by atoms with van der Waals surface area (Å²) in [5.74, 6) is -0.794. The van der Waals surface area contributed by atoms with Crippen molar-refractivity contribution in [1.82, 2.24) is 9.47 Å². The molecule has 0 saturated carbocycles. The van der Waals surface area contributed by atoms with Crippen molar-refractivity contribution < 1.29 is 24.2 Å². The Hall–Kier alpha value is -1.86. The lowest BCUT2D eigenvalue weighted by Crippen LogP contribution is -2.42. The number of carbonyl (C=O) groups is 2. The van der Waals surface area contributed by atoms with Gasteiger partial charge in [0.25, 0.3) is 5.91 Å². The van der Waals surface area contributed by atoms with E-state index >= 15 is 0 Å². The molecule has 7 heteroatoms. The van der Waals surface area contributed by atoms with Crippen LogP contribution < -0.4 is 0 Å². The van der Waals surface area contributed by atoms with E-state index in [1.54, 1.807) is 30.0 Å². The minimum Gasteiger partial charge on any atom is -0.467 e. The Balaban J connectivity index is 2.18. The number of hydrogen-bond acceptors (Lipinski definition) is 5. The van der Waals surface area contributed by atoms with Crippen LogP contribution in [0.25, 0.3) is 0 Å². The lowest BCUT2D eigenvalue weighted by atomic mass is 10.2. The highest BCUT2D eigenvalue weighted by atomic mass is 16.5. The highest BCUT2D eigenvalue weighted by Crippen LogP contribution is 2.22. The van der Waals surface area contributed by atoms with Gasteiger partial charge in [0, 0.05) is 32.8 Å². The summed E-state index contributed by atoms with van der Waals surface area (Å²) in [5, 5.41) is 9.74. The van der Waals surface area contributed by atoms with Gasteiger partial charge < -0.3 is 24.0 Å². The molecule has 0 spiro atoms. The summed E-state index contributed by atoms with van der Waals surface area (Å²) in [4.78, 5) is 25.7. The molecule has 1 saturated heterocycles. The molecule has 1 aliphatic rings. The molecule has 1 aromatic heterocycles. The normalized spacial score (nSPS) is 21.6. The van der Waals surface area contributed by atoms with Gasteiger partial charge in [-0.3, -0.25) is 4.79 Å². The van der Waals surface area contributed by atoms with E-state index < -0.39 is 18.1 Å². The second kappa shape index (κ2) is 6.73. The zero-order valence-electron chi connectivity index (χ0n) is 12.2. The Morgan fingerprint density at radius 1 is 1.43 bits per heavy atom. The number of rotatable bonds is 5. The van der Waals surface area contributed by atoms with Crippen molar-refractivity contribution in [3.8, 4) is 0 Å². The summed E-state index contributed by atoms with van der Waals surface area (Å²) in [5.41, 5.74) is 0.468. The molecule has 0 radical (unpaired) electrons. The summed E-state index contributed by atoms with van der Waals surface area (Å²) in [7, 11) is 2.87. The van der Waals surface area contributed by atoms with E-state index in [0.717, 1.165) is 0 Å². The zero-order valence-corrected chi connectivity index (χ0v) is 12.2. The summed E-state index contributed by atoms with van der Waals surface area (Å²) in [6.45, 7) is 1.16. The van der Waals surface area contributed by atoms with E-state index in [4.69, 9.17) is 9.47 Å². The first-order valence-electron chi connectivity index (χ1n) is 6.79. The van der Waals surface area contributed by atoms with Crippen molar-refractivity contribution in [1.29, 1.82) is 0 Å². The molecule has 1 N–H and O–H groups in total. The molecule has 1 aromatic rings. The van der Waals surface area contributed by atoms with E-state index in [1.807, 2.05) is 0 Å². The lowest BCUT2D eigenvalue weighted by molar-refractivity contribution is -0.145. The fourth-order valence-electron chi connectivity index (χ4n) is 2.54. The van der Waals surface area contributed by atoms with Crippen molar-refractivity contribution in [2.75, 3.05) is 27.4 Å². The van der Waals surface area contributed by atoms with E-state index in [2.05, 4.69) is 0 Å². The number of amides is 1. The first-order chi connectivity index (χ1) is 10.1. The van der Waals surface area contributed by atoms with Gasteiger partial charge in [-0.05, 0) is 12.1 Å². The van der Waals surface area contributed by atoms with Gasteiger partial charge in [-0.25, -0.2) is 4.79 Å². The van der Waals surface area contributed by atoms with Crippen LogP contribution in [0, 0.1) is 0 Å². The number of β-amino-alcohol motifs (C(OH)–C–C–N with tert-alkyl or cyclic N) is 1. The van der Waals surface area contributed by atoms with Gasteiger partial charge in [-0.1, -0.05) is 0 Å². The van der Waals surface area contributed by atoms with Gasteiger partial charge in [-0.15, -0.1) is 0 Å². The van der Waals surface area contributed by atoms with Crippen LogP contribution in [-0.2, 0) is 20.8 Å². The fraction of sp³-hybridized carbons (Fsp3) is 0.571. The Morgan fingerprint density at radius 3 is 2.86 bits per heavy atom. The molecule has 2 rings (SSSR count). The molecule has 2 unspecified atom stereocenters. The number of nitrogens with zero attached hydrogens (tertiary/aromatic N) is 2. The van der Waals surface area contributed by atoms with Crippen molar-refractivity contribution >= 4 is 11.9 Å². The maximum Gasteiger partial charge on any atom is 0.328 e. The molecule has 0 bridgehead atoms. The SMILES string of the molecule is COCCn1cccc1C(=O)N1CC(O)CC1C(=O)OC. The number of ether oxygens (including phenoxy) is 2. The monoisotopic (exact) mass is 296 g/mol. The predicted octanol–water partition coefficient (Wildman–Crippen LogP) is -0.117. The highest BCUT2D eigenvalue weighted by molar-refractivity contribution is 5.96. The molecule has 0 aliphatic carbocycles. The van der Waals surface area contributed by atoms with E-state index in [1.165, 1.54) is 12.0 Å². The Bertz CT molecular complexity index is 513. The Labute approximate surface area is 123 Å². The largest absolute Gasteiger partial charge is 0.467 e. The van der Waals surface area contributed by atoms with Crippen LogP contribution in [0.4, 0.5) is 0 Å². The minimum atomic E-state index is -0.733. The maximum absolute atomic E-state index is 12.6. The second-order valence-electron chi connectivity index (χ2n) is 4.97. The number of carbonyl (C=O) groups excluding carboxylic acids is 2. The molecule has 116 valence electrons. The molecule has 1 fully saturated rings. The molecule has 1 aliphatic heterocycles. The Kier molecular flexibility index (Phi) is 4.98. The van der Waals surface area contributed by atoms with E-state index in [9.17, 15) is 14.7 Å². The quantitative estimate of drug-likeness (QED) is 0.766. The third-order valence-electron chi connectivity index (χ3n) is 3.60. The lowest BCUT2D eigenvalue weighted by Gasteiger charge is -2.23. The van der Waals surface area contributed by atoms with Crippen LogP contribution in [0.3, 0.4) is 0 Å². The van der Waals surface area contributed by atoms with Gasteiger partial charge in [-0.2, -0.15) is 0 Å². The zero-order chi connectivity index (χ0) is 15.4. The predicted molar refractivity (Wildman–Crippen MR) is 73.8 cm³/mol. The van der Waals surface area contributed by atoms with Crippen molar-refractivity contribution in [3.05, 3.63) is 24.0 Å². The van der Waals surface area contributed by atoms with Crippen LogP contribution in [0.2, 0.25) is 0 Å². The van der Waals surface area contributed by atoms with Gasteiger partial charge in [0.1, 0.15) is 11.7 Å². The summed E-state index contributed by atoms with van der Waals surface area (Å²) in [6, 6.07) is 2.72. The molecule has 0 aromatic carbocycles. The molecule has 7 nitrogen and oxygen atoms in total. The molecular formula is C14H20N2O5. The van der Waals surface area contributed by atoms with Crippen molar-refractivity contribution in [2.24, 2.45) is 0 Å². The smallest absolute Gasteiger partial charge is 0.328 e. The maximum atomic E-state index is 12.6. The first-order valence-corrected chi connectivity index (χ1v) is 6.79. The van der Waals surface area contributed by atoms with Gasteiger partial charge in [0.05, 0.1) is 19.8 Å². The fourth-order valence-corrected chi connectivity index (χ4v) is 2.54. The Morgan fingerprint density at radius 2 is 2.19 bits per heavy atom. The average molecular weight is 296 g/mol. The van der Waals surface area contributed by atoms with Gasteiger partial charge in [0.15, 0.2) is 0 Å². The molecule has 21 heavy (non-hydrogen) atoms. The molecular weight excluding hydrogens is 276 g/mol. The first kappa shape index (κ1) is 15.5. The van der Waals surface area contributed by atoms with Crippen LogP contribution >= 0.6 is 0 Å². The standard InChI is InChI=1S/C14H20N2O5/c1-20-7-6-15-5-3-4-11(15)13(18)16-9-10(17)8-12(16)14(19)21-2/h3-5,10,12,17H,6-9H2,1-2H3. The van der Waals surface area contributed by atoms with Crippen molar-refractivity contribution in [2.45, 2.75) is 25.1 Å². The van der Waals surface area contributed by atoms with Crippen LogP contribution in [0.5, 0.6) is 0 Å². The van der Waals surface area contributed by atoms with Gasteiger partial charge >= 0.3 is 5.97 Å². The third-order valence-corrected chi connectivity index (χ3v) is 3.60. The second-order valence-corrected chi connectivity index (χ2v) is 4.97. The number of aromatic nitrogens is 1. The number of hydrogen-bond donors (Lipinski definition) is 1. The molecule has 2 heterocycles. The van der Waals surface area contributed by atoms with Crippen LogP contribution in [0.1, 0.15) is 16.9 Å². The minimum absolute atomic E-state index is 0.133. The molecule has 1 amide bonds. The topological polar surface area (TPSA) is 81.0 Å². The van der Waals surface area contributed by atoms with Crippen LogP contribution in [0.15, 0.2) is 18.3 Å². The third kappa shape index (κ3) is 3.25. The average Bonchev–Trinajstić information content (AvgIpc) is 3.09. The number of aliphatic hydroxyl groups is 1. The van der Waals surface area contributed by atoms with E-state index in [-0.39, 0.29) is 18.9 Å². The molecule has 2 atom stereocenters. The number of esters is 1. The number of likely N-dealkylation sites (tertiary alicyclic amines) is 1. The highest BCUT2D eigenvalue weighted by Gasteiger charge is 2.40. The van der Waals surface area contributed by atoms with Crippen molar-refractivity contribution in [3.63, 3.8) is 0 Å².